The summed E-state index contributed by atoms with van der Waals surface area (Å²) in [4.78, 5) is 29.1. The molecule has 57 heavy (non-hydrogen) atoms. The van der Waals surface area contributed by atoms with Gasteiger partial charge in [0, 0.05) is 6.20 Å². The number of fused-ring (bicyclic) bond motifs is 1. The van der Waals surface area contributed by atoms with Crippen LogP contribution in [0.1, 0.15) is 43.7 Å². The van der Waals surface area contributed by atoms with Crippen LogP contribution in [0.4, 0.5) is 5.95 Å². The van der Waals surface area contributed by atoms with Crippen LogP contribution in [0.3, 0.4) is 0 Å². The fourth-order valence-corrected chi connectivity index (χ4v) is 10.8. The van der Waals surface area contributed by atoms with Gasteiger partial charge in [-0.15, -0.1) is 0 Å². The van der Waals surface area contributed by atoms with Crippen molar-refractivity contribution in [1.82, 2.24) is 24.5 Å². The maximum atomic E-state index is 13.0. The Morgan fingerprint density at radius 2 is 1.47 bits per heavy atom. The Morgan fingerprint density at radius 3 is 2.05 bits per heavy atom. The normalized spacial score (nSPS) is 18.9. The summed E-state index contributed by atoms with van der Waals surface area (Å²) < 4.78 is 34.9. The smallest absolute Gasteiger partial charge is 0.280 e. The van der Waals surface area contributed by atoms with Crippen molar-refractivity contribution >= 4 is 47.0 Å². The highest BCUT2D eigenvalue weighted by Crippen LogP contribution is 2.50. The van der Waals surface area contributed by atoms with Crippen LogP contribution in [0.2, 0.25) is 18.1 Å². The van der Waals surface area contributed by atoms with Gasteiger partial charge in [0.05, 0.1) is 38.5 Å². The Labute approximate surface area is 341 Å². The molecule has 1 fully saturated rings. The molecule has 4 heterocycles. The van der Waals surface area contributed by atoms with E-state index in [0.717, 1.165) is 33.2 Å². The Bertz CT molecular complexity index is 2270. The number of nitrogens with zero attached hydrogens (tertiary/aromatic N) is 4. The second-order valence-electron chi connectivity index (χ2n) is 15.3. The predicted octanol–water partition coefficient (Wildman–Crippen LogP) is 8.22. The van der Waals surface area contributed by atoms with E-state index < -0.39 is 37.9 Å². The van der Waals surface area contributed by atoms with Crippen LogP contribution in [0.15, 0.2) is 119 Å². The van der Waals surface area contributed by atoms with E-state index in [-0.39, 0.29) is 28.4 Å². The topological polar surface area (TPSA) is 149 Å². The lowest BCUT2D eigenvalue weighted by Gasteiger charge is -2.40. The van der Waals surface area contributed by atoms with Crippen LogP contribution in [-0.2, 0) is 19.5 Å². The van der Waals surface area contributed by atoms with Gasteiger partial charge in [-0.05, 0) is 82.0 Å². The van der Waals surface area contributed by atoms with Crippen LogP contribution in [0.25, 0.3) is 11.2 Å². The van der Waals surface area contributed by atoms with Crippen molar-refractivity contribution < 1.29 is 23.4 Å². The number of hydrogen-bond acceptors (Lipinski definition) is 12. The van der Waals surface area contributed by atoms with E-state index in [1.165, 1.54) is 0 Å². The molecule has 0 aliphatic carbocycles. The third-order valence-corrected chi connectivity index (χ3v) is 18.0. The molecule has 3 aromatic carbocycles. The number of nitrogens with one attached hydrogen (secondary N) is 1. The number of anilines is 1. The first-order valence-electron chi connectivity index (χ1n) is 18.6. The van der Waals surface area contributed by atoms with Gasteiger partial charge in [0.1, 0.15) is 28.2 Å². The van der Waals surface area contributed by atoms with Crippen LogP contribution >= 0.6 is 21.6 Å². The first-order valence-corrected chi connectivity index (χ1v) is 23.8. The molecule has 12 nitrogen and oxygen atoms in total. The minimum Gasteiger partial charge on any atom is -0.497 e. The summed E-state index contributed by atoms with van der Waals surface area (Å²) >= 11 is 0. The van der Waals surface area contributed by atoms with E-state index in [1.54, 1.807) is 52.9 Å². The first kappa shape index (κ1) is 40.5. The molecule has 0 radical (unpaired) electrons. The molecule has 0 amide bonds. The summed E-state index contributed by atoms with van der Waals surface area (Å²) in [5.41, 5.74) is 7.75. The van der Waals surface area contributed by atoms with Gasteiger partial charge in [0.2, 0.25) is 5.95 Å². The van der Waals surface area contributed by atoms with Crippen molar-refractivity contribution in [1.29, 1.82) is 0 Å². The monoisotopic (exact) mass is 824 g/mol. The number of nitrogen functional groups attached to an aromatic ring is 1. The van der Waals surface area contributed by atoms with Gasteiger partial charge in [-0.3, -0.25) is 14.3 Å². The second kappa shape index (κ2) is 16.7. The molecule has 0 spiro atoms. The zero-order chi connectivity index (χ0) is 40.4. The highest BCUT2D eigenvalue weighted by atomic mass is 33.1. The number of rotatable bonds is 14. The van der Waals surface area contributed by atoms with Crippen molar-refractivity contribution in [3.05, 3.63) is 137 Å². The lowest BCUT2D eigenvalue weighted by molar-refractivity contribution is -0.0837. The molecule has 1 aliphatic rings. The number of aromatic amines is 1. The molecule has 1 saturated heterocycles. The van der Waals surface area contributed by atoms with Gasteiger partial charge in [-0.2, -0.15) is 4.98 Å². The highest BCUT2D eigenvalue weighted by Gasteiger charge is 2.53. The number of nitrogens with two attached hydrogens (primary N) is 1. The summed E-state index contributed by atoms with van der Waals surface area (Å²) in [7, 11) is 4.04. The average molecular weight is 825 g/mol. The quantitative estimate of drug-likeness (QED) is 0.0620. The minimum absolute atomic E-state index is 0.0164. The molecule has 0 saturated carbocycles. The van der Waals surface area contributed by atoms with E-state index >= 15 is 0 Å². The molecule has 4 atom stereocenters. The maximum absolute atomic E-state index is 13.0. The molecular weight excluding hydrogens is 777 g/mol. The maximum Gasteiger partial charge on any atom is 0.280 e. The molecule has 3 N–H and O–H groups in total. The highest BCUT2D eigenvalue weighted by molar-refractivity contribution is 8.77. The number of hydrogen-bond donors (Lipinski definition) is 2. The molecule has 7 rings (SSSR count). The van der Waals surface area contributed by atoms with Crippen LogP contribution < -0.4 is 20.8 Å². The van der Waals surface area contributed by atoms with Crippen molar-refractivity contribution in [2.75, 3.05) is 26.6 Å². The molecule has 15 heteroatoms. The zero-order valence-corrected chi connectivity index (χ0v) is 35.7. The number of ether oxygens (including phenoxy) is 4. The largest absolute Gasteiger partial charge is 0.497 e. The van der Waals surface area contributed by atoms with Gasteiger partial charge < -0.3 is 29.1 Å². The van der Waals surface area contributed by atoms with Crippen LogP contribution in [0, 0.1) is 0 Å². The number of aromatic nitrogens is 5. The van der Waals surface area contributed by atoms with Gasteiger partial charge in [0.15, 0.2) is 25.7 Å². The van der Waals surface area contributed by atoms with Gasteiger partial charge in [-0.1, -0.05) is 92.2 Å². The summed E-state index contributed by atoms with van der Waals surface area (Å²) in [6.07, 6.45) is 1.57. The fraction of sp³-hybridized carbons (Fsp3) is 0.333. The number of imidazole rings is 1. The van der Waals surface area contributed by atoms with Gasteiger partial charge in [0.25, 0.3) is 5.56 Å². The number of H-pyrrole nitrogens is 1. The Hall–Kier alpha value is -4.64. The van der Waals surface area contributed by atoms with Crippen molar-refractivity contribution in [2.45, 2.75) is 73.2 Å². The van der Waals surface area contributed by atoms with Crippen molar-refractivity contribution in [3.8, 4) is 11.5 Å². The molecule has 1 aliphatic heterocycles. The SMILES string of the molecule is COc1ccc(C(OC[C@H]2O[C@@H](n3cnc4c(=O)[nH]c(N)nc43)[C@H](O[Si](C)(C)C(C)(C)C)[C@@H]2SSc2ccccn2)(c2ccccc2)c2ccc(OC)cc2)cc1. The third-order valence-electron chi connectivity index (χ3n) is 10.8. The molecule has 298 valence electrons. The standard InChI is InChI=1S/C42H48N6O6S2Si/c1-41(2,3)57(6,7)54-35-36(56-55-33-15-11-12-24-44-33)32(53-39(35)48-26-45-34-37(48)46-40(43)47-38(34)49)25-52-42(27-13-9-8-10-14-27,28-16-20-30(50-4)21-17-28)29-18-22-31(51-5)23-19-29/h8-24,26,32,35-36,39H,25H2,1-7H3,(H3,43,46,47,49)/t32-,35-,36-,39-/m1/s1. The Balaban J connectivity index is 1.37. The van der Waals surface area contributed by atoms with E-state index in [1.807, 2.05) is 84.9 Å². The molecule has 0 bridgehead atoms. The van der Waals surface area contributed by atoms with E-state index in [0.29, 0.717) is 5.65 Å². The fourth-order valence-electron chi connectivity index (χ4n) is 6.74. The molecule has 6 aromatic rings. The van der Waals surface area contributed by atoms with Crippen molar-refractivity contribution in [3.63, 3.8) is 0 Å². The van der Waals surface area contributed by atoms with Crippen LogP contribution in [-0.4, -0.2) is 71.1 Å². The molecule has 0 unspecified atom stereocenters. The van der Waals surface area contributed by atoms with E-state index in [9.17, 15) is 4.79 Å². The number of pyridine rings is 1. The summed E-state index contributed by atoms with van der Waals surface area (Å²) in [5.74, 6) is 1.44. The minimum atomic E-state index is -2.46. The Kier molecular flexibility index (Phi) is 11.9. The first-order chi connectivity index (χ1) is 27.3. The summed E-state index contributed by atoms with van der Waals surface area (Å²) in [6, 6.07) is 31.9. The Morgan fingerprint density at radius 1 is 0.860 bits per heavy atom. The number of methoxy groups -OCH3 is 2. The summed E-state index contributed by atoms with van der Waals surface area (Å²) in [5, 5.41) is 0.423. The third kappa shape index (κ3) is 8.22. The zero-order valence-electron chi connectivity index (χ0n) is 33.0. The second-order valence-corrected chi connectivity index (χ2v) is 22.5. The lowest BCUT2D eigenvalue weighted by atomic mass is 9.80. The molecule has 3 aromatic heterocycles. The van der Waals surface area contributed by atoms with Crippen LogP contribution in [0.5, 0.6) is 11.5 Å². The van der Waals surface area contributed by atoms with Gasteiger partial charge in [-0.25, -0.2) is 9.97 Å². The van der Waals surface area contributed by atoms with Crippen molar-refractivity contribution in [2.24, 2.45) is 0 Å². The lowest BCUT2D eigenvalue weighted by Crippen LogP contribution is -2.48. The molecular formula is C42H48N6O6S2Si. The van der Waals surface area contributed by atoms with E-state index in [4.69, 9.17) is 29.1 Å². The number of benzene rings is 3. The average Bonchev–Trinajstić information content (AvgIpc) is 3.78. The summed E-state index contributed by atoms with van der Waals surface area (Å²) in [6.45, 7) is 11.2. The van der Waals surface area contributed by atoms with Gasteiger partial charge >= 0.3 is 0 Å². The predicted molar refractivity (Wildman–Crippen MR) is 228 cm³/mol. The van der Waals surface area contributed by atoms with E-state index in [2.05, 4.69) is 65.9 Å².